The molecule has 6 nitrogen and oxygen atoms in total. The van der Waals surface area contributed by atoms with Crippen LogP contribution in [0.2, 0.25) is 5.02 Å². The molecule has 0 bridgehead atoms. The van der Waals surface area contributed by atoms with Crippen LogP contribution in [0.4, 0.5) is 0 Å². The summed E-state index contributed by atoms with van der Waals surface area (Å²) in [6.45, 7) is 0.403. The maximum atomic E-state index is 12.1. The maximum absolute atomic E-state index is 12.1. The number of sulfonamides is 1. The van der Waals surface area contributed by atoms with Crippen LogP contribution in [0.1, 0.15) is 0 Å². The number of halogens is 1. The Morgan fingerprint density at radius 1 is 1.40 bits per heavy atom. The molecule has 1 aromatic carbocycles. The van der Waals surface area contributed by atoms with Gasteiger partial charge in [0.05, 0.1) is 17.5 Å². The lowest BCUT2D eigenvalue weighted by Crippen LogP contribution is -2.31. The van der Waals surface area contributed by atoms with E-state index in [9.17, 15) is 8.42 Å². The number of para-hydroxylation sites is 1. The van der Waals surface area contributed by atoms with Gasteiger partial charge in [0, 0.05) is 13.6 Å². The maximum Gasteiger partial charge on any atom is 0.259 e. The summed E-state index contributed by atoms with van der Waals surface area (Å²) < 4.78 is 30.8. The van der Waals surface area contributed by atoms with Crippen molar-refractivity contribution in [2.45, 2.75) is 5.03 Å². The Morgan fingerprint density at radius 2 is 2.15 bits per heavy atom. The van der Waals surface area contributed by atoms with E-state index < -0.39 is 10.0 Å². The molecule has 0 aliphatic carbocycles. The van der Waals surface area contributed by atoms with Gasteiger partial charge in [-0.2, -0.15) is 4.31 Å². The number of likely N-dealkylation sites (N-methyl/N-ethyl adjacent to an activating group) is 1. The summed E-state index contributed by atoms with van der Waals surface area (Å²) in [5, 5.41) is 0.546. The number of ether oxygens (including phenoxy) is 1. The SMILES string of the molecule is CN(CCOc1ccccc1Cl)S(=O)(=O)c1cnc[nH]1. The second-order valence-electron chi connectivity index (χ2n) is 4.02. The van der Waals surface area contributed by atoms with E-state index in [4.69, 9.17) is 16.3 Å². The Morgan fingerprint density at radius 3 is 2.80 bits per heavy atom. The van der Waals surface area contributed by atoms with Crippen LogP contribution in [0, 0.1) is 0 Å². The van der Waals surface area contributed by atoms with Crippen molar-refractivity contribution < 1.29 is 13.2 Å². The topological polar surface area (TPSA) is 75.3 Å². The first kappa shape index (κ1) is 14.8. The fourth-order valence-electron chi connectivity index (χ4n) is 1.52. The highest BCUT2D eigenvalue weighted by Crippen LogP contribution is 2.23. The number of aromatic nitrogens is 2. The van der Waals surface area contributed by atoms with Crippen LogP contribution in [0.3, 0.4) is 0 Å². The van der Waals surface area contributed by atoms with Crippen LogP contribution in [0.25, 0.3) is 0 Å². The second-order valence-corrected chi connectivity index (χ2v) is 6.44. The molecular formula is C12H14ClN3O3S. The summed E-state index contributed by atoms with van der Waals surface area (Å²) in [5.74, 6) is 0.529. The van der Waals surface area contributed by atoms with Crippen molar-refractivity contribution in [3.8, 4) is 5.75 Å². The first-order chi connectivity index (χ1) is 9.51. The Hall–Kier alpha value is -1.57. The third-order valence-corrected chi connectivity index (χ3v) is 4.76. The van der Waals surface area contributed by atoms with Gasteiger partial charge in [-0.25, -0.2) is 13.4 Å². The smallest absolute Gasteiger partial charge is 0.259 e. The van der Waals surface area contributed by atoms with Crippen molar-refractivity contribution in [2.75, 3.05) is 20.2 Å². The minimum Gasteiger partial charge on any atom is -0.491 e. The van der Waals surface area contributed by atoms with Crippen molar-refractivity contribution in [2.24, 2.45) is 0 Å². The molecule has 2 rings (SSSR count). The first-order valence-corrected chi connectivity index (χ1v) is 7.65. The van der Waals surface area contributed by atoms with Crippen LogP contribution in [0.5, 0.6) is 5.75 Å². The van der Waals surface area contributed by atoms with Gasteiger partial charge in [0.15, 0.2) is 5.03 Å². The summed E-state index contributed by atoms with van der Waals surface area (Å²) in [6.07, 6.45) is 2.59. The minimum absolute atomic E-state index is 0.0535. The van der Waals surface area contributed by atoms with Crippen LogP contribution in [-0.4, -0.2) is 42.9 Å². The number of H-pyrrole nitrogens is 1. The molecule has 8 heteroatoms. The molecule has 0 unspecified atom stereocenters. The van der Waals surface area contributed by atoms with E-state index in [1.54, 1.807) is 24.3 Å². The molecule has 0 atom stereocenters. The molecule has 0 radical (unpaired) electrons. The molecule has 2 aromatic rings. The molecule has 0 aliphatic heterocycles. The number of benzene rings is 1. The Kier molecular flexibility index (Phi) is 4.64. The minimum atomic E-state index is -3.56. The van der Waals surface area contributed by atoms with Crippen molar-refractivity contribution >= 4 is 21.6 Å². The fraction of sp³-hybridized carbons (Fsp3) is 0.250. The molecule has 0 fully saturated rings. The van der Waals surface area contributed by atoms with E-state index in [2.05, 4.69) is 9.97 Å². The van der Waals surface area contributed by atoms with Crippen LogP contribution < -0.4 is 4.74 Å². The quantitative estimate of drug-likeness (QED) is 0.881. The average Bonchev–Trinajstić information content (AvgIpc) is 2.95. The zero-order valence-electron chi connectivity index (χ0n) is 10.8. The summed E-state index contributed by atoms with van der Waals surface area (Å²) >= 11 is 5.94. The normalized spacial score (nSPS) is 11.8. The molecular weight excluding hydrogens is 302 g/mol. The van der Waals surface area contributed by atoms with Crippen molar-refractivity contribution in [1.82, 2.24) is 14.3 Å². The summed E-state index contributed by atoms with van der Waals surface area (Å²) in [6, 6.07) is 7.03. The molecule has 0 aliphatic rings. The predicted octanol–water partition coefficient (Wildman–Crippen LogP) is 1.76. The third-order valence-electron chi connectivity index (χ3n) is 2.66. The highest BCUT2D eigenvalue weighted by molar-refractivity contribution is 7.89. The van der Waals surface area contributed by atoms with E-state index in [0.29, 0.717) is 10.8 Å². The molecule has 0 spiro atoms. The first-order valence-electron chi connectivity index (χ1n) is 5.84. The number of imidazole rings is 1. The Labute approximate surface area is 122 Å². The van der Waals surface area contributed by atoms with E-state index >= 15 is 0 Å². The lowest BCUT2D eigenvalue weighted by atomic mass is 10.3. The number of rotatable bonds is 6. The van der Waals surface area contributed by atoms with E-state index in [-0.39, 0.29) is 18.2 Å². The zero-order valence-corrected chi connectivity index (χ0v) is 12.4. The molecule has 1 heterocycles. The van der Waals surface area contributed by atoms with Crippen molar-refractivity contribution in [3.63, 3.8) is 0 Å². The van der Waals surface area contributed by atoms with Gasteiger partial charge in [0.2, 0.25) is 0 Å². The van der Waals surface area contributed by atoms with Gasteiger partial charge in [0.25, 0.3) is 10.0 Å². The van der Waals surface area contributed by atoms with Gasteiger partial charge in [-0.15, -0.1) is 0 Å². The number of nitrogens with zero attached hydrogens (tertiary/aromatic N) is 2. The van der Waals surface area contributed by atoms with Gasteiger partial charge < -0.3 is 9.72 Å². The molecule has 0 amide bonds. The molecule has 108 valence electrons. The van der Waals surface area contributed by atoms with Crippen molar-refractivity contribution in [1.29, 1.82) is 0 Å². The van der Waals surface area contributed by atoms with Crippen LogP contribution in [0.15, 0.2) is 41.8 Å². The Balaban J connectivity index is 1.93. The Bertz CT molecular complexity index is 658. The number of hydrogen-bond acceptors (Lipinski definition) is 4. The lowest BCUT2D eigenvalue weighted by Gasteiger charge is -2.16. The fourth-order valence-corrected chi connectivity index (χ4v) is 2.75. The molecule has 20 heavy (non-hydrogen) atoms. The second kappa shape index (κ2) is 6.25. The van der Waals surface area contributed by atoms with Gasteiger partial charge in [-0.1, -0.05) is 23.7 Å². The van der Waals surface area contributed by atoms with Gasteiger partial charge in [0.1, 0.15) is 12.4 Å². The summed E-state index contributed by atoms with van der Waals surface area (Å²) in [7, 11) is -2.08. The number of hydrogen-bond donors (Lipinski definition) is 1. The van der Waals surface area contributed by atoms with Crippen molar-refractivity contribution in [3.05, 3.63) is 41.8 Å². The van der Waals surface area contributed by atoms with Gasteiger partial charge in [-0.05, 0) is 12.1 Å². The van der Waals surface area contributed by atoms with E-state index in [0.717, 1.165) is 0 Å². The molecule has 1 N–H and O–H groups in total. The third kappa shape index (κ3) is 3.30. The molecule has 0 saturated heterocycles. The lowest BCUT2D eigenvalue weighted by molar-refractivity contribution is 0.287. The van der Waals surface area contributed by atoms with E-state index in [1.165, 1.54) is 23.9 Å². The van der Waals surface area contributed by atoms with Gasteiger partial charge in [-0.3, -0.25) is 0 Å². The average molecular weight is 316 g/mol. The number of aromatic amines is 1. The van der Waals surface area contributed by atoms with Gasteiger partial charge >= 0.3 is 0 Å². The standard InChI is InChI=1S/C12H14ClN3O3S/c1-16(20(17,18)12-8-14-9-15-12)6-7-19-11-5-3-2-4-10(11)13/h2-5,8-9H,6-7H2,1H3,(H,14,15). The number of nitrogens with one attached hydrogen (secondary N) is 1. The highest BCUT2D eigenvalue weighted by Gasteiger charge is 2.21. The predicted molar refractivity (Wildman–Crippen MR) is 75.4 cm³/mol. The molecule has 1 aromatic heterocycles. The zero-order chi connectivity index (χ0) is 14.6. The van der Waals surface area contributed by atoms with Crippen LogP contribution in [-0.2, 0) is 10.0 Å². The largest absolute Gasteiger partial charge is 0.491 e. The summed E-state index contributed by atoms with van der Waals surface area (Å²) in [4.78, 5) is 6.27. The summed E-state index contributed by atoms with van der Waals surface area (Å²) in [5.41, 5.74) is 0. The molecule has 0 saturated carbocycles. The van der Waals surface area contributed by atoms with Crippen LogP contribution >= 0.6 is 11.6 Å². The highest BCUT2D eigenvalue weighted by atomic mass is 35.5. The monoisotopic (exact) mass is 315 g/mol. The van der Waals surface area contributed by atoms with E-state index in [1.807, 2.05) is 0 Å².